The maximum Gasteiger partial charge on any atom is 0.256 e. The van der Waals surface area contributed by atoms with Gasteiger partial charge in [-0.15, -0.1) is 0 Å². The van der Waals surface area contributed by atoms with E-state index >= 15 is 0 Å². The van der Waals surface area contributed by atoms with Crippen molar-refractivity contribution in [3.05, 3.63) is 86.7 Å². The Labute approximate surface area is 239 Å². The van der Waals surface area contributed by atoms with E-state index in [1.54, 1.807) is 24.3 Å². The summed E-state index contributed by atoms with van der Waals surface area (Å²) in [4.78, 5) is 47.0. The second-order valence-corrected chi connectivity index (χ2v) is 11.0. The molecule has 40 heavy (non-hydrogen) atoms. The number of aromatic nitrogens is 1. The molecule has 1 atom stereocenters. The lowest BCUT2D eigenvalue weighted by atomic mass is 10.0. The molecule has 3 N–H and O–H groups in total. The highest BCUT2D eigenvalue weighted by atomic mass is 35.5. The van der Waals surface area contributed by atoms with E-state index in [4.69, 9.17) is 11.6 Å². The monoisotopic (exact) mass is 559 g/mol. The molecule has 3 aromatic rings. The molecule has 1 unspecified atom stereocenters. The Bertz CT molecular complexity index is 1500. The SMILES string of the molecule is CCC(NC(=O)c1ccc2c(c1)/C(=C/c1[nH]c(C)c(C(=O)N3CCN(C)CC3)c1C)C(=O)N2)c1ccc(Cl)cc1. The van der Waals surface area contributed by atoms with Gasteiger partial charge in [-0.25, -0.2) is 0 Å². The summed E-state index contributed by atoms with van der Waals surface area (Å²) in [6.45, 7) is 8.86. The van der Waals surface area contributed by atoms with Crippen LogP contribution in [-0.4, -0.2) is 65.7 Å². The Kier molecular flexibility index (Phi) is 7.83. The zero-order valence-corrected chi connectivity index (χ0v) is 24.0. The van der Waals surface area contributed by atoms with E-state index in [1.165, 1.54) is 0 Å². The number of piperazine rings is 1. The molecule has 1 saturated heterocycles. The molecule has 3 heterocycles. The summed E-state index contributed by atoms with van der Waals surface area (Å²) in [5.74, 6) is -0.473. The molecule has 2 aliphatic heterocycles. The van der Waals surface area contributed by atoms with Gasteiger partial charge >= 0.3 is 0 Å². The van der Waals surface area contributed by atoms with Crippen LogP contribution in [0, 0.1) is 13.8 Å². The van der Waals surface area contributed by atoms with Gasteiger partial charge in [-0.3, -0.25) is 14.4 Å². The largest absolute Gasteiger partial charge is 0.358 e. The number of halogens is 1. The fourth-order valence-electron chi connectivity index (χ4n) is 5.38. The van der Waals surface area contributed by atoms with Crippen molar-refractivity contribution in [2.24, 2.45) is 0 Å². The Morgan fingerprint density at radius 1 is 1.07 bits per heavy atom. The number of anilines is 1. The number of nitrogens with zero attached hydrogens (tertiary/aromatic N) is 2. The van der Waals surface area contributed by atoms with Crippen LogP contribution in [0.1, 0.15) is 68.2 Å². The number of aromatic amines is 1. The Morgan fingerprint density at radius 3 is 2.45 bits per heavy atom. The number of carbonyl (C=O) groups excluding carboxylic acids is 3. The van der Waals surface area contributed by atoms with Crippen molar-refractivity contribution in [3.63, 3.8) is 0 Å². The van der Waals surface area contributed by atoms with Gasteiger partial charge < -0.3 is 25.4 Å². The second kappa shape index (κ2) is 11.3. The van der Waals surface area contributed by atoms with E-state index in [0.29, 0.717) is 58.2 Å². The molecule has 1 fully saturated rings. The summed E-state index contributed by atoms with van der Waals surface area (Å²) in [6, 6.07) is 12.5. The van der Waals surface area contributed by atoms with Crippen LogP contribution >= 0.6 is 11.6 Å². The zero-order chi connectivity index (χ0) is 28.6. The maximum atomic E-state index is 13.3. The number of aryl methyl sites for hydroxylation is 1. The summed E-state index contributed by atoms with van der Waals surface area (Å²) in [5.41, 5.74) is 6.09. The lowest BCUT2D eigenvalue weighted by Crippen LogP contribution is -2.47. The number of H-pyrrole nitrogens is 1. The first-order valence-corrected chi connectivity index (χ1v) is 13.9. The van der Waals surface area contributed by atoms with Gasteiger partial charge in [-0.2, -0.15) is 0 Å². The molecule has 2 aliphatic rings. The van der Waals surface area contributed by atoms with Gasteiger partial charge in [0.15, 0.2) is 0 Å². The summed E-state index contributed by atoms with van der Waals surface area (Å²) in [6.07, 6.45) is 2.48. The lowest BCUT2D eigenvalue weighted by Gasteiger charge is -2.32. The van der Waals surface area contributed by atoms with Gasteiger partial charge in [0, 0.05) is 59.4 Å². The highest BCUT2D eigenvalue weighted by Gasteiger charge is 2.29. The minimum atomic E-state index is -0.251. The second-order valence-electron chi connectivity index (χ2n) is 10.5. The molecule has 208 valence electrons. The van der Waals surface area contributed by atoms with Crippen LogP contribution in [0.3, 0.4) is 0 Å². The fraction of sp³-hybridized carbons (Fsp3) is 0.323. The quantitative estimate of drug-likeness (QED) is 0.368. The molecule has 0 radical (unpaired) electrons. The Hall–Kier alpha value is -3.88. The van der Waals surface area contributed by atoms with E-state index in [0.717, 1.165) is 29.9 Å². The molecule has 0 bridgehead atoms. The molecule has 0 spiro atoms. The number of likely N-dealkylation sites (N-methyl/N-ethyl adjacent to an activating group) is 1. The maximum absolute atomic E-state index is 13.3. The smallest absolute Gasteiger partial charge is 0.256 e. The third kappa shape index (κ3) is 5.42. The topological polar surface area (TPSA) is 97.5 Å². The predicted molar refractivity (Wildman–Crippen MR) is 159 cm³/mol. The number of benzene rings is 2. The highest BCUT2D eigenvalue weighted by molar-refractivity contribution is 6.35. The third-order valence-electron chi connectivity index (χ3n) is 7.82. The van der Waals surface area contributed by atoms with E-state index in [2.05, 4.69) is 27.6 Å². The van der Waals surface area contributed by atoms with Gasteiger partial charge in [0.25, 0.3) is 17.7 Å². The van der Waals surface area contributed by atoms with Crippen molar-refractivity contribution < 1.29 is 14.4 Å². The zero-order valence-electron chi connectivity index (χ0n) is 23.2. The van der Waals surface area contributed by atoms with Crippen molar-refractivity contribution >= 4 is 46.7 Å². The normalized spacial score (nSPS) is 17.1. The van der Waals surface area contributed by atoms with E-state index in [-0.39, 0.29) is 23.8 Å². The first-order valence-electron chi connectivity index (χ1n) is 13.6. The number of hydrogen-bond acceptors (Lipinski definition) is 4. The molecule has 2 aromatic carbocycles. The number of nitrogens with one attached hydrogen (secondary N) is 3. The summed E-state index contributed by atoms with van der Waals surface area (Å²) in [5, 5.41) is 6.63. The van der Waals surface area contributed by atoms with Gasteiger partial charge in [0.05, 0.1) is 17.2 Å². The van der Waals surface area contributed by atoms with Crippen molar-refractivity contribution in [1.82, 2.24) is 20.1 Å². The molecule has 9 heteroatoms. The van der Waals surface area contributed by atoms with E-state index in [1.807, 2.05) is 49.9 Å². The third-order valence-corrected chi connectivity index (χ3v) is 8.07. The van der Waals surface area contributed by atoms with Crippen LogP contribution in [0.2, 0.25) is 5.02 Å². The molecule has 3 amide bonds. The highest BCUT2D eigenvalue weighted by Crippen LogP contribution is 2.35. The Morgan fingerprint density at radius 2 is 1.77 bits per heavy atom. The van der Waals surface area contributed by atoms with Crippen molar-refractivity contribution in [2.75, 3.05) is 38.5 Å². The predicted octanol–water partition coefficient (Wildman–Crippen LogP) is 5.05. The fourth-order valence-corrected chi connectivity index (χ4v) is 5.51. The number of fused-ring (bicyclic) bond motifs is 1. The number of carbonyl (C=O) groups is 3. The van der Waals surface area contributed by atoms with Crippen LogP contribution < -0.4 is 10.6 Å². The van der Waals surface area contributed by atoms with Crippen LogP contribution in [0.25, 0.3) is 11.6 Å². The van der Waals surface area contributed by atoms with E-state index < -0.39 is 0 Å². The average Bonchev–Trinajstić information content (AvgIpc) is 3.41. The van der Waals surface area contributed by atoms with Gasteiger partial charge in [-0.05, 0) is 74.9 Å². The van der Waals surface area contributed by atoms with Gasteiger partial charge in [-0.1, -0.05) is 30.7 Å². The van der Waals surface area contributed by atoms with Crippen LogP contribution in [0.5, 0.6) is 0 Å². The van der Waals surface area contributed by atoms with Crippen molar-refractivity contribution in [1.29, 1.82) is 0 Å². The number of amides is 3. The minimum Gasteiger partial charge on any atom is -0.358 e. The van der Waals surface area contributed by atoms with Gasteiger partial charge in [0.1, 0.15) is 0 Å². The lowest BCUT2D eigenvalue weighted by molar-refractivity contribution is -0.110. The molecular weight excluding hydrogens is 526 g/mol. The first kappa shape index (κ1) is 27.7. The first-order chi connectivity index (χ1) is 19.2. The molecule has 0 saturated carbocycles. The summed E-state index contributed by atoms with van der Waals surface area (Å²) in [7, 11) is 2.06. The van der Waals surface area contributed by atoms with Crippen molar-refractivity contribution in [3.8, 4) is 0 Å². The number of hydrogen-bond donors (Lipinski definition) is 3. The molecular formula is C31H34ClN5O3. The average molecular weight is 560 g/mol. The summed E-state index contributed by atoms with van der Waals surface area (Å²) >= 11 is 6.03. The molecule has 5 rings (SSSR count). The van der Waals surface area contributed by atoms with Crippen LogP contribution in [0.15, 0.2) is 42.5 Å². The summed E-state index contributed by atoms with van der Waals surface area (Å²) < 4.78 is 0. The van der Waals surface area contributed by atoms with Crippen LogP contribution in [0.4, 0.5) is 5.69 Å². The standard InChI is InChI=1S/C31H34ClN5O3/c1-5-25(20-6-9-22(32)10-7-20)34-29(38)21-8-11-26-23(16-21)24(30(39)35-26)17-27-18(2)28(19(3)33-27)31(40)37-14-12-36(4)13-15-37/h6-11,16-17,25,33H,5,12-15H2,1-4H3,(H,34,38)(H,35,39)/b24-17-. The van der Waals surface area contributed by atoms with E-state index in [9.17, 15) is 14.4 Å². The molecule has 0 aliphatic carbocycles. The Balaban J connectivity index is 1.41. The molecule has 1 aromatic heterocycles. The van der Waals surface area contributed by atoms with Gasteiger partial charge in [0.2, 0.25) is 0 Å². The van der Waals surface area contributed by atoms with Crippen molar-refractivity contribution in [2.45, 2.75) is 33.2 Å². The number of rotatable bonds is 6. The van der Waals surface area contributed by atoms with Crippen LogP contribution in [-0.2, 0) is 4.79 Å². The minimum absolute atomic E-state index is 0.00500. The molecule has 8 nitrogen and oxygen atoms in total.